The van der Waals surface area contributed by atoms with Gasteiger partial charge in [-0.25, -0.2) is 4.79 Å². The number of benzene rings is 1. The van der Waals surface area contributed by atoms with Gasteiger partial charge in [-0.05, 0) is 24.1 Å². The maximum Gasteiger partial charge on any atom is 0.335 e. The first-order valence-corrected chi connectivity index (χ1v) is 7.47. The van der Waals surface area contributed by atoms with E-state index < -0.39 is 5.97 Å². The summed E-state index contributed by atoms with van der Waals surface area (Å²) in [6.07, 6.45) is 3.76. The van der Waals surface area contributed by atoms with Crippen molar-refractivity contribution in [2.45, 2.75) is 38.8 Å². The Morgan fingerprint density at radius 2 is 2.15 bits per heavy atom. The average molecular weight is 276 g/mol. The smallest absolute Gasteiger partial charge is 0.335 e. The van der Waals surface area contributed by atoms with Crippen molar-refractivity contribution in [3.8, 4) is 0 Å². The highest BCUT2D eigenvalue weighted by molar-refractivity contribution is 5.87. The van der Waals surface area contributed by atoms with Crippen LogP contribution in [0.25, 0.3) is 0 Å². The van der Waals surface area contributed by atoms with Gasteiger partial charge in [0.15, 0.2) is 0 Å². The second kappa shape index (κ2) is 7.41. The van der Waals surface area contributed by atoms with Crippen LogP contribution in [0.3, 0.4) is 0 Å². The molecule has 110 valence electrons. The summed E-state index contributed by atoms with van der Waals surface area (Å²) >= 11 is 0. The molecule has 0 amide bonds. The molecule has 0 radical (unpaired) electrons. The minimum absolute atomic E-state index is 0.356. The predicted octanol–water partition coefficient (Wildman–Crippen LogP) is 2.35. The van der Waals surface area contributed by atoms with Gasteiger partial charge in [-0.15, -0.1) is 0 Å². The summed E-state index contributed by atoms with van der Waals surface area (Å²) < 4.78 is 0. The monoisotopic (exact) mass is 276 g/mol. The van der Waals surface area contributed by atoms with Crippen LogP contribution in [0.1, 0.15) is 42.1 Å². The Hall–Kier alpha value is -1.39. The van der Waals surface area contributed by atoms with Gasteiger partial charge in [0, 0.05) is 32.2 Å². The summed E-state index contributed by atoms with van der Waals surface area (Å²) in [4.78, 5) is 13.3. The molecule has 0 spiro atoms. The maximum absolute atomic E-state index is 10.8. The van der Waals surface area contributed by atoms with Gasteiger partial charge in [-0.1, -0.05) is 31.9 Å². The van der Waals surface area contributed by atoms with E-state index in [1.165, 1.54) is 24.8 Å². The van der Waals surface area contributed by atoms with Crippen LogP contribution in [0.15, 0.2) is 24.3 Å². The van der Waals surface area contributed by atoms with Crippen molar-refractivity contribution < 1.29 is 9.90 Å². The number of nitrogens with zero attached hydrogens (tertiary/aromatic N) is 1. The van der Waals surface area contributed by atoms with Crippen molar-refractivity contribution in [2.75, 3.05) is 19.6 Å². The maximum atomic E-state index is 10.8. The molecule has 0 bridgehead atoms. The van der Waals surface area contributed by atoms with E-state index >= 15 is 0 Å². The molecular weight excluding hydrogens is 252 g/mol. The Morgan fingerprint density at radius 3 is 2.80 bits per heavy atom. The van der Waals surface area contributed by atoms with Gasteiger partial charge in [-0.3, -0.25) is 4.90 Å². The van der Waals surface area contributed by atoms with Gasteiger partial charge in [-0.2, -0.15) is 0 Å². The van der Waals surface area contributed by atoms with Crippen molar-refractivity contribution in [3.63, 3.8) is 0 Å². The van der Waals surface area contributed by atoms with Crippen molar-refractivity contribution >= 4 is 5.97 Å². The lowest BCUT2D eigenvalue weighted by Crippen LogP contribution is -2.50. The molecule has 0 saturated carbocycles. The van der Waals surface area contributed by atoms with E-state index in [2.05, 4.69) is 17.1 Å². The van der Waals surface area contributed by atoms with E-state index in [9.17, 15) is 4.79 Å². The number of hydrogen-bond acceptors (Lipinski definition) is 3. The van der Waals surface area contributed by atoms with Gasteiger partial charge in [0.05, 0.1) is 5.56 Å². The van der Waals surface area contributed by atoms with Crippen LogP contribution in [0, 0.1) is 0 Å². The van der Waals surface area contributed by atoms with Crippen molar-refractivity contribution in [1.29, 1.82) is 0 Å². The topological polar surface area (TPSA) is 52.6 Å². The number of piperazine rings is 1. The highest BCUT2D eigenvalue weighted by Gasteiger charge is 2.18. The molecule has 1 aliphatic rings. The van der Waals surface area contributed by atoms with Crippen LogP contribution in [-0.4, -0.2) is 41.7 Å². The molecular formula is C16H24N2O2. The van der Waals surface area contributed by atoms with Gasteiger partial charge in [0.2, 0.25) is 0 Å². The number of carbonyl (C=O) groups is 1. The van der Waals surface area contributed by atoms with Gasteiger partial charge < -0.3 is 10.4 Å². The number of nitrogens with one attached hydrogen (secondary N) is 1. The first kappa shape index (κ1) is 15.0. The van der Waals surface area contributed by atoms with E-state index in [0.29, 0.717) is 11.6 Å². The van der Waals surface area contributed by atoms with Crippen LogP contribution in [0.4, 0.5) is 0 Å². The summed E-state index contributed by atoms with van der Waals surface area (Å²) in [6.45, 7) is 6.32. The molecule has 20 heavy (non-hydrogen) atoms. The molecule has 4 nitrogen and oxygen atoms in total. The highest BCUT2D eigenvalue weighted by atomic mass is 16.4. The molecule has 1 atom stereocenters. The SMILES string of the molecule is CCCC[C@H]1CN(Cc2ccc(C(=O)O)cc2)CCN1. The molecule has 4 heteroatoms. The highest BCUT2D eigenvalue weighted by Crippen LogP contribution is 2.12. The summed E-state index contributed by atoms with van der Waals surface area (Å²) in [7, 11) is 0. The Bertz CT molecular complexity index is 431. The number of unbranched alkanes of at least 4 members (excludes halogenated alkanes) is 1. The van der Waals surface area contributed by atoms with Crippen molar-refractivity contribution in [1.82, 2.24) is 10.2 Å². The van der Waals surface area contributed by atoms with E-state index in [1.807, 2.05) is 12.1 Å². The number of carboxylic acids is 1. The lowest BCUT2D eigenvalue weighted by molar-refractivity contribution is 0.0697. The molecule has 2 rings (SSSR count). The minimum Gasteiger partial charge on any atom is -0.478 e. The average Bonchev–Trinajstić information content (AvgIpc) is 2.46. The van der Waals surface area contributed by atoms with E-state index in [4.69, 9.17) is 5.11 Å². The minimum atomic E-state index is -0.863. The summed E-state index contributed by atoms with van der Waals surface area (Å²) in [5, 5.41) is 12.5. The zero-order valence-electron chi connectivity index (χ0n) is 12.1. The normalized spacial score (nSPS) is 19.9. The first-order chi connectivity index (χ1) is 9.69. The van der Waals surface area contributed by atoms with Gasteiger partial charge >= 0.3 is 5.97 Å². The van der Waals surface area contributed by atoms with Gasteiger partial charge in [0.25, 0.3) is 0 Å². The lowest BCUT2D eigenvalue weighted by Gasteiger charge is -2.33. The fourth-order valence-corrected chi connectivity index (χ4v) is 2.69. The van der Waals surface area contributed by atoms with Crippen molar-refractivity contribution in [2.24, 2.45) is 0 Å². The molecule has 1 saturated heterocycles. The number of carboxylic acid groups (broad SMARTS) is 1. The van der Waals surface area contributed by atoms with Crippen LogP contribution in [-0.2, 0) is 6.54 Å². The number of rotatable bonds is 6. The zero-order valence-corrected chi connectivity index (χ0v) is 12.1. The molecule has 1 fully saturated rings. The fourth-order valence-electron chi connectivity index (χ4n) is 2.69. The molecule has 1 heterocycles. The molecule has 0 unspecified atom stereocenters. The van der Waals surface area contributed by atoms with Gasteiger partial charge in [0.1, 0.15) is 0 Å². The number of hydrogen-bond donors (Lipinski definition) is 2. The van der Waals surface area contributed by atoms with Crippen molar-refractivity contribution in [3.05, 3.63) is 35.4 Å². The third kappa shape index (κ3) is 4.32. The molecule has 0 aromatic heterocycles. The third-order valence-electron chi connectivity index (χ3n) is 3.85. The molecule has 0 aliphatic carbocycles. The third-order valence-corrected chi connectivity index (χ3v) is 3.85. The molecule has 1 aliphatic heterocycles. The first-order valence-electron chi connectivity index (χ1n) is 7.47. The predicted molar refractivity (Wildman–Crippen MR) is 80.0 cm³/mol. The van der Waals surface area contributed by atoms with E-state index in [1.54, 1.807) is 12.1 Å². The van der Waals surface area contributed by atoms with Crippen LogP contribution in [0.5, 0.6) is 0 Å². The Balaban J connectivity index is 1.87. The van der Waals surface area contributed by atoms with Crippen LogP contribution in [0.2, 0.25) is 0 Å². The summed E-state index contributed by atoms with van der Waals surface area (Å²) in [6, 6.07) is 7.82. The van der Waals surface area contributed by atoms with E-state index in [0.717, 1.165) is 26.2 Å². The zero-order chi connectivity index (χ0) is 14.4. The largest absolute Gasteiger partial charge is 0.478 e. The second-order valence-electron chi connectivity index (χ2n) is 5.53. The van der Waals surface area contributed by atoms with E-state index in [-0.39, 0.29) is 0 Å². The second-order valence-corrected chi connectivity index (χ2v) is 5.53. The standard InChI is InChI=1S/C16H24N2O2/c1-2-3-4-15-12-18(10-9-17-15)11-13-5-7-14(8-6-13)16(19)20/h5-8,15,17H,2-4,9-12H2,1H3,(H,19,20)/t15-/m0/s1. The molecule has 2 N–H and O–H groups in total. The fraction of sp³-hybridized carbons (Fsp3) is 0.562. The Kier molecular flexibility index (Phi) is 5.56. The Morgan fingerprint density at radius 1 is 1.40 bits per heavy atom. The quantitative estimate of drug-likeness (QED) is 0.837. The van der Waals surface area contributed by atoms with Crippen LogP contribution >= 0.6 is 0 Å². The molecule has 1 aromatic carbocycles. The summed E-state index contributed by atoms with van der Waals surface area (Å²) in [5.74, 6) is -0.863. The number of aromatic carboxylic acids is 1. The Labute approximate surface area is 120 Å². The molecule has 1 aromatic rings. The summed E-state index contributed by atoms with van der Waals surface area (Å²) in [5.41, 5.74) is 1.54. The lowest BCUT2D eigenvalue weighted by atomic mass is 10.1. The van der Waals surface area contributed by atoms with Crippen LogP contribution < -0.4 is 5.32 Å².